The zero-order chi connectivity index (χ0) is 32.2. The van der Waals surface area contributed by atoms with Crippen molar-refractivity contribution < 1.29 is 28.7 Å². The molecule has 248 valence electrons. The smallest absolute Gasteiger partial charge is 0.229 e. The van der Waals surface area contributed by atoms with E-state index in [1.54, 1.807) is 0 Å². The highest BCUT2D eigenvalue weighted by Gasteiger charge is 2.40. The van der Waals surface area contributed by atoms with Crippen LogP contribution in [0.3, 0.4) is 0 Å². The van der Waals surface area contributed by atoms with E-state index in [0.717, 1.165) is 90.9 Å². The second-order valence-corrected chi connectivity index (χ2v) is 13.3. The molecule has 1 spiro atoms. The summed E-state index contributed by atoms with van der Waals surface area (Å²) < 4.78 is 11.3. The minimum absolute atomic E-state index is 0.0174. The Morgan fingerprint density at radius 2 is 1.00 bits per heavy atom. The summed E-state index contributed by atoms with van der Waals surface area (Å²) >= 11 is 0. The van der Waals surface area contributed by atoms with E-state index in [1.165, 1.54) is 4.90 Å². The number of amides is 3. The summed E-state index contributed by atoms with van der Waals surface area (Å²) in [6, 6.07) is 1.68. The summed E-state index contributed by atoms with van der Waals surface area (Å²) in [5.74, 6) is 0.514. The third-order valence-corrected chi connectivity index (χ3v) is 8.76. The Morgan fingerprint density at radius 1 is 0.535 bits per heavy atom. The molecule has 0 aromatic heterocycles. The van der Waals surface area contributed by atoms with Gasteiger partial charge in [-0.05, 0) is 68.2 Å². The van der Waals surface area contributed by atoms with Crippen LogP contribution in [0.2, 0.25) is 0 Å². The Bertz CT molecular complexity index is 864. The van der Waals surface area contributed by atoms with Crippen LogP contribution in [0.25, 0.3) is 0 Å². The Kier molecular flexibility index (Phi) is 15.8. The fourth-order valence-corrected chi connectivity index (χ4v) is 6.02. The minimum Gasteiger partial charge on any atom is -0.347 e. The van der Waals surface area contributed by atoms with Crippen LogP contribution in [0.1, 0.15) is 113 Å². The van der Waals surface area contributed by atoms with Gasteiger partial charge in [-0.25, -0.2) is 0 Å². The first-order chi connectivity index (χ1) is 20.3. The van der Waals surface area contributed by atoms with Crippen LogP contribution in [0.15, 0.2) is 0 Å². The number of likely N-dealkylation sites (tertiary alicyclic amines) is 4. The van der Waals surface area contributed by atoms with Crippen LogP contribution in [0.5, 0.6) is 0 Å². The second kappa shape index (κ2) is 18.2. The van der Waals surface area contributed by atoms with E-state index in [9.17, 15) is 19.2 Å². The van der Waals surface area contributed by atoms with Crippen LogP contribution in [-0.4, -0.2) is 119 Å². The van der Waals surface area contributed by atoms with Crippen molar-refractivity contribution in [3.05, 3.63) is 0 Å². The number of hydrogen-bond acceptors (Lipinski definition) is 8. The van der Waals surface area contributed by atoms with Crippen molar-refractivity contribution in [2.24, 2.45) is 0 Å². The number of carbonyl (C=O) groups excluding carboxylic acids is 4. The van der Waals surface area contributed by atoms with E-state index in [-0.39, 0.29) is 23.6 Å². The third-order valence-electron chi connectivity index (χ3n) is 8.76. The number of Topliss-reactive ketones (excluding diaryl/α,β-unsaturated/α-hetero) is 1. The van der Waals surface area contributed by atoms with Gasteiger partial charge < -0.3 is 24.2 Å². The highest BCUT2D eigenvalue weighted by Crippen LogP contribution is 2.31. The maximum atomic E-state index is 11.2. The molecular weight excluding hydrogens is 548 g/mol. The summed E-state index contributed by atoms with van der Waals surface area (Å²) in [5.41, 5.74) is 0. The monoisotopic (exact) mass is 608 g/mol. The molecule has 5 heterocycles. The normalized spacial score (nSPS) is 23.1. The van der Waals surface area contributed by atoms with E-state index in [1.807, 2.05) is 18.7 Å². The van der Waals surface area contributed by atoms with Crippen molar-refractivity contribution in [1.82, 2.24) is 19.6 Å². The molecule has 0 aromatic rings. The van der Waals surface area contributed by atoms with Crippen LogP contribution in [0, 0.1) is 0 Å². The van der Waals surface area contributed by atoms with Crippen LogP contribution in [0.4, 0.5) is 0 Å². The summed E-state index contributed by atoms with van der Waals surface area (Å²) in [5, 5.41) is 0. The van der Waals surface area contributed by atoms with Gasteiger partial charge in [0.05, 0.1) is 13.2 Å². The molecule has 0 bridgehead atoms. The van der Waals surface area contributed by atoms with E-state index in [4.69, 9.17) is 9.47 Å². The van der Waals surface area contributed by atoms with Gasteiger partial charge in [0.1, 0.15) is 5.78 Å². The van der Waals surface area contributed by atoms with Crippen molar-refractivity contribution in [2.45, 2.75) is 143 Å². The van der Waals surface area contributed by atoms with Crippen molar-refractivity contribution >= 4 is 23.5 Å². The molecule has 3 amide bonds. The molecule has 0 aromatic carbocycles. The third kappa shape index (κ3) is 12.2. The first-order valence-corrected chi connectivity index (χ1v) is 16.7. The molecule has 0 unspecified atom stereocenters. The lowest BCUT2D eigenvalue weighted by Gasteiger charge is -2.39. The number of nitrogens with zero attached hydrogens (tertiary/aromatic N) is 4. The van der Waals surface area contributed by atoms with Gasteiger partial charge in [0, 0.05) is 102 Å². The number of hydrogen-bond donors (Lipinski definition) is 0. The van der Waals surface area contributed by atoms with Crippen LogP contribution in [-0.2, 0) is 28.7 Å². The predicted octanol–water partition coefficient (Wildman–Crippen LogP) is 4.24. The molecule has 0 saturated carbocycles. The first-order valence-electron chi connectivity index (χ1n) is 16.7. The van der Waals surface area contributed by atoms with Crippen molar-refractivity contribution in [2.75, 3.05) is 45.9 Å². The van der Waals surface area contributed by atoms with Crippen molar-refractivity contribution in [3.63, 3.8) is 0 Å². The molecule has 5 fully saturated rings. The van der Waals surface area contributed by atoms with Gasteiger partial charge in [0.25, 0.3) is 0 Å². The Balaban J connectivity index is 0.000000202. The average molecular weight is 609 g/mol. The number of ether oxygens (including phenoxy) is 2. The van der Waals surface area contributed by atoms with E-state index >= 15 is 0 Å². The zero-order valence-corrected chi connectivity index (χ0v) is 28.4. The Morgan fingerprint density at radius 3 is 1.35 bits per heavy atom. The first kappa shape index (κ1) is 37.3. The maximum Gasteiger partial charge on any atom is 0.229 e. The lowest BCUT2D eigenvalue weighted by Crippen LogP contribution is -2.47. The molecule has 0 N–H and O–H groups in total. The van der Waals surface area contributed by atoms with E-state index < -0.39 is 0 Å². The molecule has 5 rings (SSSR count). The largest absolute Gasteiger partial charge is 0.347 e. The molecule has 5 saturated heterocycles. The lowest BCUT2D eigenvalue weighted by atomic mass is 10.0. The van der Waals surface area contributed by atoms with Gasteiger partial charge in [-0.2, -0.15) is 0 Å². The number of carbonyl (C=O) groups is 4. The highest BCUT2D eigenvalue weighted by atomic mass is 16.7. The highest BCUT2D eigenvalue weighted by molar-refractivity contribution is 5.97. The zero-order valence-electron chi connectivity index (χ0n) is 28.4. The quantitative estimate of drug-likeness (QED) is 0.437. The van der Waals surface area contributed by atoms with Gasteiger partial charge in [-0.1, -0.05) is 0 Å². The molecule has 10 heteroatoms. The van der Waals surface area contributed by atoms with Gasteiger partial charge in [-0.3, -0.25) is 24.1 Å². The van der Waals surface area contributed by atoms with Gasteiger partial charge in [0.15, 0.2) is 5.79 Å². The van der Waals surface area contributed by atoms with Crippen LogP contribution >= 0.6 is 0 Å². The summed E-state index contributed by atoms with van der Waals surface area (Å²) in [6.45, 7) is 23.4. The second-order valence-electron chi connectivity index (χ2n) is 13.3. The predicted molar refractivity (Wildman–Crippen MR) is 168 cm³/mol. The summed E-state index contributed by atoms with van der Waals surface area (Å²) in [7, 11) is 0. The van der Waals surface area contributed by atoms with Crippen molar-refractivity contribution in [1.29, 1.82) is 0 Å². The van der Waals surface area contributed by atoms with Crippen LogP contribution < -0.4 is 0 Å². The number of ketones is 1. The molecule has 0 aliphatic carbocycles. The number of rotatable bonds is 4. The van der Waals surface area contributed by atoms with Gasteiger partial charge in [0.2, 0.25) is 17.7 Å². The Hall–Kier alpha value is -1.88. The van der Waals surface area contributed by atoms with E-state index in [2.05, 4.69) is 51.3 Å². The lowest BCUT2D eigenvalue weighted by molar-refractivity contribution is -0.187. The maximum absolute atomic E-state index is 11.2. The molecule has 0 atom stereocenters. The fraction of sp³-hybridized carbons (Fsp3) is 0.879. The number of piperidine rings is 3. The topological polar surface area (TPSA) is 99.7 Å². The Labute approximate surface area is 260 Å². The SMILES string of the molecule is CC(C)N1C(=O)CCCC1=O.CC(C)N1CCC(=O)CC1.CC(C)N1CCC2(CC1)OCCO2.CC(C)N1CCCC1=O. The van der Waals surface area contributed by atoms with Crippen molar-refractivity contribution in [3.8, 4) is 0 Å². The minimum atomic E-state index is -0.203. The standard InChI is InChI=1S/C10H19NO2.C8H13NO2.C8H15NO.C7H13NO/c1-9(2)11-5-3-10(4-6-11)12-7-8-13-10;1-6(2)9-7(10)4-3-5-8(9)11;1-7(2)9-5-3-8(10)4-6-9;1-6(2)8-5-3-4-7(8)9/h9H,3-8H2,1-2H3;6H,3-5H2,1-2H3;7H,3-6H2,1-2H3;6H,3-5H2,1-2H3. The van der Waals surface area contributed by atoms with Gasteiger partial charge >= 0.3 is 0 Å². The number of imide groups is 1. The molecular formula is C33H60N4O6. The fourth-order valence-electron chi connectivity index (χ4n) is 6.02. The average Bonchev–Trinajstić information content (AvgIpc) is 3.59. The molecule has 43 heavy (non-hydrogen) atoms. The molecule has 0 radical (unpaired) electrons. The molecule has 10 nitrogen and oxygen atoms in total. The molecule has 5 aliphatic rings. The van der Waals surface area contributed by atoms with E-state index in [0.29, 0.717) is 42.7 Å². The summed E-state index contributed by atoms with van der Waals surface area (Å²) in [4.78, 5) is 52.2. The van der Waals surface area contributed by atoms with Gasteiger partial charge in [-0.15, -0.1) is 0 Å². The molecule has 5 aliphatic heterocycles. The summed E-state index contributed by atoms with van der Waals surface area (Å²) in [6.07, 6.45) is 7.19.